The average Bonchev–Trinajstić information content (AvgIpc) is 2.73. The molecule has 2 rings (SSSR count). The Kier molecular flexibility index (Phi) is 4.58. The molecule has 1 aliphatic rings. The number of carbonyl (C=O) groups is 1. The van der Waals surface area contributed by atoms with Crippen LogP contribution in [0.4, 0.5) is 0 Å². The van der Waals surface area contributed by atoms with Crippen LogP contribution >= 0.6 is 0 Å². The van der Waals surface area contributed by atoms with Gasteiger partial charge in [-0.15, -0.1) is 0 Å². The van der Waals surface area contributed by atoms with Crippen LogP contribution in [0.15, 0.2) is 6.20 Å². The molecule has 1 heterocycles. The van der Waals surface area contributed by atoms with E-state index in [1.165, 1.54) is 11.3 Å². The van der Waals surface area contributed by atoms with E-state index >= 15 is 0 Å². The molecule has 106 valence electrons. The number of carboxylic acid groups (broad SMARTS) is 1. The third-order valence-corrected chi connectivity index (χ3v) is 3.78. The van der Waals surface area contributed by atoms with Gasteiger partial charge in [-0.2, -0.15) is 5.10 Å². The van der Waals surface area contributed by atoms with Gasteiger partial charge in [0, 0.05) is 12.2 Å². The maximum absolute atomic E-state index is 10.9. The second-order valence-corrected chi connectivity index (χ2v) is 5.61. The molecule has 0 aliphatic heterocycles. The van der Waals surface area contributed by atoms with Gasteiger partial charge in [0.2, 0.25) is 0 Å². The van der Waals surface area contributed by atoms with E-state index in [0.29, 0.717) is 0 Å². The van der Waals surface area contributed by atoms with Crippen molar-refractivity contribution in [2.45, 2.75) is 44.6 Å². The zero-order chi connectivity index (χ0) is 13.8. The number of aryl methyl sites for hydroxylation is 1. The Hall–Kier alpha value is -1.36. The van der Waals surface area contributed by atoms with Crippen molar-refractivity contribution in [3.63, 3.8) is 0 Å². The summed E-state index contributed by atoms with van der Waals surface area (Å²) in [5, 5.41) is 13.4. The van der Waals surface area contributed by atoms with Crippen LogP contribution in [-0.2, 0) is 17.8 Å². The van der Waals surface area contributed by atoms with Gasteiger partial charge in [-0.1, -0.05) is 0 Å². The summed E-state index contributed by atoms with van der Waals surface area (Å²) < 4.78 is 2.08. The van der Waals surface area contributed by atoms with E-state index in [9.17, 15) is 4.79 Å². The van der Waals surface area contributed by atoms with Gasteiger partial charge in [0.1, 0.15) is 0 Å². The predicted molar refractivity (Wildman–Crippen MR) is 73.3 cm³/mol. The van der Waals surface area contributed by atoms with E-state index in [-0.39, 0.29) is 12.3 Å². The van der Waals surface area contributed by atoms with Crippen molar-refractivity contribution in [1.29, 1.82) is 0 Å². The number of fused-ring (bicyclic) bond motifs is 1. The maximum Gasteiger partial charge on any atom is 0.303 e. The molecule has 0 bridgehead atoms. The highest BCUT2D eigenvalue weighted by atomic mass is 16.4. The third-order valence-electron chi connectivity index (χ3n) is 3.78. The Bertz CT molecular complexity index is 440. The van der Waals surface area contributed by atoms with Gasteiger partial charge < -0.3 is 10.0 Å². The lowest BCUT2D eigenvalue weighted by Gasteiger charge is -2.22. The summed E-state index contributed by atoms with van der Waals surface area (Å²) in [6.45, 7) is 1.97. The normalized spacial score (nSPS) is 18.6. The first-order valence-electron chi connectivity index (χ1n) is 6.99. The molecule has 0 spiro atoms. The van der Waals surface area contributed by atoms with E-state index in [4.69, 9.17) is 5.11 Å². The van der Waals surface area contributed by atoms with Crippen LogP contribution in [0.2, 0.25) is 0 Å². The van der Waals surface area contributed by atoms with Crippen LogP contribution in [0.25, 0.3) is 0 Å². The molecule has 1 unspecified atom stereocenters. The summed E-state index contributed by atoms with van der Waals surface area (Å²) in [6.07, 6.45) is 6.28. The minimum Gasteiger partial charge on any atom is -0.481 e. The zero-order valence-electron chi connectivity index (χ0n) is 11.8. The first kappa shape index (κ1) is 14.1. The minimum atomic E-state index is -0.710. The van der Waals surface area contributed by atoms with Crippen LogP contribution in [0, 0.1) is 0 Å². The largest absolute Gasteiger partial charge is 0.481 e. The molecule has 5 nitrogen and oxygen atoms in total. The van der Waals surface area contributed by atoms with Crippen molar-refractivity contribution >= 4 is 5.97 Å². The van der Waals surface area contributed by atoms with E-state index in [1.807, 2.05) is 6.20 Å². The molecule has 5 heteroatoms. The van der Waals surface area contributed by atoms with Gasteiger partial charge in [0.25, 0.3) is 0 Å². The van der Waals surface area contributed by atoms with Crippen LogP contribution in [0.1, 0.15) is 42.9 Å². The number of hydrogen-bond acceptors (Lipinski definition) is 3. The molecule has 1 aromatic rings. The first-order valence-corrected chi connectivity index (χ1v) is 6.99. The standard InChI is InChI=1S/C14H23N3O2/c1-16(2)7-4-8-17-13-6-3-5-11(9-14(18)19)12(13)10-15-17/h10-11H,3-9H2,1-2H3,(H,18,19). The average molecular weight is 265 g/mol. The smallest absolute Gasteiger partial charge is 0.303 e. The Morgan fingerprint density at radius 1 is 1.58 bits per heavy atom. The number of carboxylic acids is 1. The van der Waals surface area contributed by atoms with E-state index in [1.54, 1.807) is 0 Å². The highest BCUT2D eigenvalue weighted by Crippen LogP contribution is 2.33. The Morgan fingerprint density at radius 2 is 2.37 bits per heavy atom. The summed E-state index contributed by atoms with van der Waals surface area (Å²) in [5.41, 5.74) is 2.43. The van der Waals surface area contributed by atoms with Crippen LogP contribution in [0.5, 0.6) is 0 Å². The molecule has 1 aliphatic carbocycles. The molecule has 0 amide bonds. The molecule has 0 fully saturated rings. The number of aliphatic carboxylic acids is 1. The highest BCUT2D eigenvalue weighted by molar-refractivity contribution is 5.68. The Labute approximate surface area is 114 Å². The van der Waals surface area contributed by atoms with Crippen molar-refractivity contribution < 1.29 is 9.90 Å². The number of rotatable bonds is 6. The number of aromatic nitrogens is 2. The molecule has 1 N–H and O–H groups in total. The lowest BCUT2D eigenvalue weighted by Crippen LogP contribution is -2.18. The summed E-state index contributed by atoms with van der Waals surface area (Å²) >= 11 is 0. The van der Waals surface area contributed by atoms with Gasteiger partial charge >= 0.3 is 5.97 Å². The first-order chi connectivity index (χ1) is 9.08. The van der Waals surface area contributed by atoms with Crippen molar-refractivity contribution in [1.82, 2.24) is 14.7 Å². The Morgan fingerprint density at radius 3 is 3.05 bits per heavy atom. The SMILES string of the molecule is CN(C)CCCn1ncc2c1CCCC2CC(=O)O. The zero-order valence-corrected chi connectivity index (χ0v) is 11.8. The quantitative estimate of drug-likeness (QED) is 0.851. The molecule has 0 aromatic carbocycles. The fraction of sp³-hybridized carbons (Fsp3) is 0.714. The van der Waals surface area contributed by atoms with E-state index in [2.05, 4.69) is 28.8 Å². The molecule has 19 heavy (non-hydrogen) atoms. The van der Waals surface area contributed by atoms with Gasteiger partial charge in [-0.3, -0.25) is 9.48 Å². The third kappa shape index (κ3) is 3.56. The Balaban J connectivity index is 2.04. The van der Waals surface area contributed by atoms with Crippen LogP contribution in [0.3, 0.4) is 0 Å². The van der Waals surface area contributed by atoms with E-state index in [0.717, 1.165) is 38.8 Å². The second-order valence-electron chi connectivity index (χ2n) is 5.61. The van der Waals surface area contributed by atoms with Crippen LogP contribution < -0.4 is 0 Å². The van der Waals surface area contributed by atoms with Crippen molar-refractivity contribution in [2.24, 2.45) is 0 Å². The minimum absolute atomic E-state index is 0.156. The molecule has 0 radical (unpaired) electrons. The van der Waals surface area contributed by atoms with Gasteiger partial charge in [0.05, 0.1) is 12.6 Å². The topological polar surface area (TPSA) is 58.4 Å². The van der Waals surface area contributed by atoms with Crippen molar-refractivity contribution in [2.75, 3.05) is 20.6 Å². The van der Waals surface area contributed by atoms with Gasteiger partial charge in [-0.25, -0.2) is 0 Å². The molecule has 0 saturated carbocycles. The van der Waals surface area contributed by atoms with Crippen molar-refractivity contribution in [3.8, 4) is 0 Å². The fourth-order valence-electron chi connectivity index (χ4n) is 2.86. The van der Waals surface area contributed by atoms with Gasteiger partial charge in [0.15, 0.2) is 0 Å². The monoisotopic (exact) mass is 265 g/mol. The van der Waals surface area contributed by atoms with Crippen molar-refractivity contribution in [3.05, 3.63) is 17.5 Å². The molecule has 1 aromatic heterocycles. The summed E-state index contributed by atoms with van der Waals surface area (Å²) in [6, 6.07) is 0. The molecule has 1 atom stereocenters. The van der Waals surface area contributed by atoms with E-state index < -0.39 is 5.97 Å². The fourth-order valence-corrected chi connectivity index (χ4v) is 2.86. The van der Waals surface area contributed by atoms with Gasteiger partial charge in [-0.05, 0) is 57.8 Å². The van der Waals surface area contributed by atoms with Crippen LogP contribution in [-0.4, -0.2) is 46.4 Å². The molecular weight excluding hydrogens is 242 g/mol. The second kappa shape index (κ2) is 6.19. The molecule has 0 saturated heterocycles. The maximum atomic E-state index is 10.9. The lowest BCUT2D eigenvalue weighted by molar-refractivity contribution is -0.137. The lowest BCUT2D eigenvalue weighted by atomic mass is 9.85. The summed E-state index contributed by atoms with van der Waals surface area (Å²) in [7, 11) is 4.14. The summed E-state index contributed by atoms with van der Waals surface area (Å²) in [5.74, 6) is -0.554. The predicted octanol–water partition coefficient (Wildman–Crippen LogP) is 1.73. The molecular formula is C14H23N3O2. The number of nitrogens with zero attached hydrogens (tertiary/aromatic N) is 3. The summed E-state index contributed by atoms with van der Waals surface area (Å²) in [4.78, 5) is 13.1. The number of hydrogen-bond donors (Lipinski definition) is 1. The highest BCUT2D eigenvalue weighted by Gasteiger charge is 2.25.